The maximum absolute atomic E-state index is 11.2. The van der Waals surface area contributed by atoms with Crippen LogP contribution in [-0.2, 0) is 9.53 Å². The van der Waals surface area contributed by atoms with E-state index >= 15 is 0 Å². The molecule has 0 spiro atoms. The summed E-state index contributed by atoms with van der Waals surface area (Å²) in [6.07, 6.45) is 0.0534. The van der Waals surface area contributed by atoms with Crippen molar-refractivity contribution in [3.8, 4) is 5.75 Å². The van der Waals surface area contributed by atoms with Crippen molar-refractivity contribution in [1.29, 1.82) is 0 Å². The topological polar surface area (TPSA) is 72.5 Å². The summed E-state index contributed by atoms with van der Waals surface area (Å²) in [5, 5.41) is 9.73. The van der Waals surface area contributed by atoms with E-state index in [1.54, 1.807) is 25.1 Å². The second-order valence-corrected chi connectivity index (χ2v) is 4.15. The van der Waals surface area contributed by atoms with Crippen molar-refractivity contribution in [1.82, 2.24) is 0 Å². The second kappa shape index (κ2) is 7.53. The zero-order valence-corrected chi connectivity index (χ0v) is 11.8. The molecule has 1 aromatic rings. The Balaban J connectivity index is 0.00000256. The Morgan fingerprint density at radius 1 is 1.59 bits per heavy atom. The number of esters is 1. The van der Waals surface area contributed by atoms with Crippen LogP contribution in [0.15, 0.2) is 22.7 Å². The summed E-state index contributed by atoms with van der Waals surface area (Å²) in [5.41, 5.74) is 6.34. The fourth-order valence-corrected chi connectivity index (χ4v) is 1.72. The second-order valence-electron chi connectivity index (χ2n) is 3.29. The Kier molecular flexibility index (Phi) is 7.18. The number of nitrogens with two attached hydrogens (primary N) is 1. The summed E-state index contributed by atoms with van der Waals surface area (Å²) in [6.45, 7) is 2.07. The number of benzene rings is 1. The molecule has 4 nitrogen and oxygen atoms in total. The zero-order chi connectivity index (χ0) is 12.1. The Bertz CT molecular complexity index is 387. The van der Waals surface area contributed by atoms with Gasteiger partial charge in [0.25, 0.3) is 0 Å². The first-order chi connectivity index (χ1) is 7.56. The summed E-state index contributed by atoms with van der Waals surface area (Å²) in [4.78, 5) is 11.2. The number of carbonyl (C=O) groups is 1. The maximum atomic E-state index is 11.2. The summed E-state index contributed by atoms with van der Waals surface area (Å²) < 4.78 is 5.35. The average Bonchev–Trinajstić information content (AvgIpc) is 2.22. The lowest BCUT2D eigenvalue weighted by Gasteiger charge is -2.13. The van der Waals surface area contributed by atoms with Crippen LogP contribution in [0.5, 0.6) is 5.75 Å². The smallest absolute Gasteiger partial charge is 0.307 e. The summed E-state index contributed by atoms with van der Waals surface area (Å²) >= 11 is 3.19. The highest BCUT2D eigenvalue weighted by atomic mass is 79.9. The minimum atomic E-state index is -0.559. The molecule has 0 unspecified atom stereocenters. The third kappa shape index (κ3) is 4.53. The summed E-state index contributed by atoms with van der Waals surface area (Å²) in [5.74, 6) is -0.298. The zero-order valence-electron chi connectivity index (χ0n) is 9.35. The molecule has 0 saturated carbocycles. The van der Waals surface area contributed by atoms with Gasteiger partial charge in [0.2, 0.25) is 0 Å². The van der Waals surface area contributed by atoms with E-state index in [1.165, 1.54) is 0 Å². The van der Waals surface area contributed by atoms with E-state index in [2.05, 4.69) is 15.9 Å². The molecule has 1 atom stereocenters. The highest BCUT2D eigenvalue weighted by Gasteiger charge is 2.16. The van der Waals surface area contributed by atoms with Gasteiger partial charge in [-0.3, -0.25) is 4.79 Å². The average molecular weight is 325 g/mol. The number of para-hydroxylation sites is 1. The van der Waals surface area contributed by atoms with Crippen LogP contribution in [0.1, 0.15) is 24.9 Å². The molecule has 0 aliphatic heterocycles. The van der Waals surface area contributed by atoms with Crippen LogP contribution in [0.3, 0.4) is 0 Å². The molecule has 0 fully saturated rings. The lowest BCUT2D eigenvalue weighted by Crippen LogP contribution is -2.17. The number of phenolic OH excluding ortho intramolecular Hbond substituents is 1. The third-order valence-corrected chi connectivity index (χ3v) is 2.75. The Hall–Kier alpha value is -0.780. The molecule has 17 heavy (non-hydrogen) atoms. The lowest BCUT2D eigenvalue weighted by molar-refractivity contribution is -0.143. The van der Waals surface area contributed by atoms with Crippen LogP contribution in [0.2, 0.25) is 0 Å². The van der Waals surface area contributed by atoms with Crippen molar-refractivity contribution in [2.45, 2.75) is 19.4 Å². The molecule has 3 N–H and O–H groups in total. The monoisotopic (exact) mass is 323 g/mol. The number of hydrogen-bond donors (Lipinski definition) is 2. The van der Waals surface area contributed by atoms with E-state index in [1.807, 2.05) is 0 Å². The fourth-order valence-electron chi connectivity index (χ4n) is 1.34. The van der Waals surface area contributed by atoms with Gasteiger partial charge in [0.15, 0.2) is 0 Å². The number of carbonyl (C=O) groups excluding carboxylic acids is 1. The van der Waals surface area contributed by atoms with E-state index in [0.717, 1.165) is 0 Å². The van der Waals surface area contributed by atoms with Crippen LogP contribution in [-0.4, -0.2) is 17.7 Å². The van der Waals surface area contributed by atoms with Crippen molar-refractivity contribution < 1.29 is 14.6 Å². The van der Waals surface area contributed by atoms with Gasteiger partial charge in [0, 0.05) is 11.6 Å². The van der Waals surface area contributed by atoms with E-state index in [-0.39, 0.29) is 30.5 Å². The molecule has 96 valence electrons. The highest BCUT2D eigenvalue weighted by Crippen LogP contribution is 2.31. The highest BCUT2D eigenvalue weighted by molar-refractivity contribution is 9.10. The van der Waals surface area contributed by atoms with Gasteiger partial charge in [-0.05, 0) is 28.9 Å². The number of rotatable bonds is 4. The summed E-state index contributed by atoms with van der Waals surface area (Å²) in [6, 6.07) is 4.58. The Labute approximate surface area is 115 Å². The molecule has 0 aliphatic carbocycles. The molecule has 0 aliphatic rings. The number of hydrogen-bond acceptors (Lipinski definition) is 4. The van der Waals surface area contributed by atoms with Crippen LogP contribution in [0.4, 0.5) is 0 Å². The van der Waals surface area contributed by atoms with Gasteiger partial charge in [0.1, 0.15) is 5.75 Å². The maximum Gasteiger partial charge on any atom is 0.307 e. The van der Waals surface area contributed by atoms with Gasteiger partial charge in [-0.1, -0.05) is 12.1 Å². The summed E-state index contributed by atoms with van der Waals surface area (Å²) in [7, 11) is 0. The third-order valence-electron chi connectivity index (χ3n) is 2.11. The van der Waals surface area contributed by atoms with Crippen molar-refractivity contribution in [3.63, 3.8) is 0 Å². The minimum absolute atomic E-state index is 0. The fraction of sp³-hybridized carbons (Fsp3) is 0.364. The number of aromatic hydroxyl groups is 1. The number of ether oxygens (including phenoxy) is 1. The molecule has 0 aromatic heterocycles. The molecule has 0 saturated heterocycles. The molecule has 0 radical (unpaired) electrons. The predicted octanol–water partition coefficient (Wildman–Crippen LogP) is 2.53. The quantitative estimate of drug-likeness (QED) is 0.835. The van der Waals surface area contributed by atoms with E-state index < -0.39 is 6.04 Å². The largest absolute Gasteiger partial charge is 0.506 e. The van der Waals surface area contributed by atoms with Crippen molar-refractivity contribution >= 4 is 34.3 Å². The first-order valence-corrected chi connectivity index (χ1v) is 5.74. The molecule has 1 aromatic carbocycles. The van der Waals surface area contributed by atoms with Crippen molar-refractivity contribution in [2.24, 2.45) is 5.73 Å². The first-order valence-electron chi connectivity index (χ1n) is 4.94. The van der Waals surface area contributed by atoms with Gasteiger partial charge < -0.3 is 15.6 Å². The van der Waals surface area contributed by atoms with Crippen LogP contribution >= 0.6 is 28.3 Å². The molecule has 0 heterocycles. The van der Waals surface area contributed by atoms with E-state index in [4.69, 9.17) is 10.5 Å². The van der Waals surface area contributed by atoms with E-state index in [9.17, 15) is 9.90 Å². The Morgan fingerprint density at radius 2 is 2.24 bits per heavy atom. The molecule has 6 heteroatoms. The lowest BCUT2D eigenvalue weighted by atomic mass is 10.0. The normalized spacial score (nSPS) is 11.5. The predicted molar refractivity (Wildman–Crippen MR) is 71.2 cm³/mol. The molecule has 0 amide bonds. The van der Waals surface area contributed by atoms with Crippen LogP contribution in [0, 0.1) is 0 Å². The molecule has 1 rings (SSSR count). The van der Waals surface area contributed by atoms with Gasteiger partial charge in [-0.2, -0.15) is 0 Å². The standard InChI is InChI=1S/C11H14BrNO3.ClH/c1-2-16-10(14)6-9(13)7-4-3-5-8(12)11(7)15;/h3-5,9,15H,2,6,13H2,1H3;1H/t9-;/m0./s1. The first kappa shape index (κ1) is 16.2. The minimum Gasteiger partial charge on any atom is -0.506 e. The molecule has 0 bridgehead atoms. The number of phenols is 1. The Morgan fingerprint density at radius 3 is 2.82 bits per heavy atom. The van der Waals surface area contributed by atoms with Gasteiger partial charge in [-0.25, -0.2) is 0 Å². The van der Waals surface area contributed by atoms with Gasteiger partial charge in [0.05, 0.1) is 17.5 Å². The molecular weight excluding hydrogens is 309 g/mol. The SMILES string of the molecule is CCOC(=O)C[C@H](N)c1cccc(Br)c1O.Cl. The van der Waals surface area contributed by atoms with Crippen LogP contribution < -0.4 is 5.73 Å². The van der Waals surface area contributed by atoms with Gasteiger partial charge >= 0.3 is 5.97 Å². The van der Waals surface area contributed by atoms with Crippen LogP contribution in [0.25, 0.3) is 0 Å². The van der Waals surface area contributed by atoms with E-state index in [0.29, 0.717) is 16.6 Å². The van der Waals surface area contributed by atoms with Crippen molar-refractivity contribution in [2.75, 3.05) is 6.61 Å². The van der Waals surface area contributed by atoms with Crippen molar-refractivity contribution in [3.05, 3.63) is 28.2 Å². The number of halogens is 2. The van der Waals surface area contributed by atoms with Gasteiger partial charge in [-0.15, -0.1) is 12.4 Å². The molecular formula is C11H15BrClNO3.